The van der Waals surface area contributed by atoms with Crippen molar-refractivity contribution in [2.45, 2.75) is 46.1 Å². The predicted molar refractivity (Wildman–Crippen MR) is 141 cm³/mol. The molecule has 2 aliphatic rings. The van der Waals surface area contributed by atoms with E-state index >= 15 is 0 Å². The molecule has 2 atom stereocenters. The zero-order valence-corrected chi connectivity index (χ0v) is 22.1. The molecule has 1 saturated heterocycles. The number of carbonyl (C=O) groups excluding carboxylic acids is 1. The fourth-order valence-electron chi connectivity index (χ4n) is 5.23. The Hall–Kier alpha value is -2.94. The number of hydrogen-bond acceptors (Lipinski definition) is 8. The summed E-state index contributed by atoms with van der Waals surface area (Å²) < 4.78 is 17.2. The SMILES string of the molecule is COC(=O)[C@]1(C)CCN(c2nc(-c3cc(C)ccc3OCc3ccc4c(c3)CCNC4)cs2)C1OC. The number of fused-ring (bicyclic) bond motifs is 1. The number of methoxy groups -OCH3 is 2. The molecule has 8 heteroatoms. The highest BCUT2D eigenvalue weighted by atomic mass is 32.1. The van der Waals surface area contributed by atoms with Gasteiger partial charge >= 0.3 is 5.97 Å². The summed E-state index contributed by atoms with van der Waals surface area (Å²) in [4.78, 5) is 19.5. The molecule has 36 heavy (non-hydrogen) atoms. The van der Waals surface area contributed by atoms with Crippen LogP contribution in [-0.4, -0.2) is 44.5 Å². The zero-order valence-electron chi connectivity index (χ0n) is 21.3. The lowest BCUT2D eigenvalue weighted by molar-refractivity contribution is -0.158. The Bertz CT molecular complexity index is 1260. The second-order valence-electron chi connectivity index (χ2n) is 9.77. The number of nitrogens with one attached hydrogen (secondary N) is 1. The van der Waals surface area contributed by atoms with Crippen molar-refractivity contribution in [2.75, 3.05) is 32.2 Å². The van der Waals surface area contributed by atoms with Gasteiger partial charge in [0.05, 0.1) is 12.8 Å². The number of benzene rings is 2. The van der Waals surface area contributed by atoms with E-state index < -0.39 is 11.6 Å². The van der Waals surface area contributed by atoms with Crippen molar-refractivity contribution in [3.8, 4) is 17.0 Å². The maximum Gasteiger partial charge on any atom is 0.316 e. The van der Waals surface area contributed by atoms with Gasteiger partial charge in [0.1, 0.15) is 24.0 Å². The third-order valence-corrected chi connectivity index (χ3v) is 8.15. The van der Waals surface area contributed by atoms with Gasteiger partial charge < -0.3 is 24.4 Å². The number of nitrogens with zero attached hydrogens (tertiary/aromatic N) is 2. The fourth-order valence-corrected chi connectivity index (χ4v) is 6.10. The van der Waals surface area contributed by atoms with Crippen LogP contribution in [0.5, 0.6) is 5.75 Å². The lowest BCUT2D eigenvalue weighted by Gasteiger charge is -2.31. The summed E-state index contributed by atoms with van der Waals surface area (Å²) in [6.45, 7) is 7.09. The highest BCUT2D eigenvalue weighted by Crippen LogP contribution is 2.43. The molecule has 0 saturated carbocycles. The first-order valence-electron chi connectivity index (χ1n) is 12.3. The minimum atomic E-state index is -0.738. The van der Waals surface area contributed by atoms with Crippen molar-refractivity contribution < 1.29 is 19.0 Å². The highest BCUT2D eigenvalue weighted by Gasteiger charge is 2.51. The standard InChI is InChI=1S/C28H33N3O4S/c1-18-5-8-24(35-16-19-6-7-21-15-29-11-9-20(21)14-19)22(13-18)23-17-36-27(30-23)31-12-10-28(2,25(31)33-3)26(32)34-4/h5-8,13-14,17,25,29H,9-12,15-16H2,1-4H3/t25?,28-/m1/s1. The maximum atomic E-state index is 12.5. The molecule has 7 nitrogen and oxygen atoms in total. The molecule has 3 heterocycles. The molecule has 1 unspecified atom stereocenters. The Morgan fingerprint density at radius 1 is 1.22 bits per heavy atom. The molecular formula is C28H33N3O4S. The molecule has 0 amide bonds. The number of carbonyl (C=O) groups is 1. The van der Waals surface area contributed by atoms with Crippen molar-refractivity contribution in [1.82, 2.24) is 10.3 Å². The molecule has 5 rings (SSSR count). The second kappa shape index (κ2) is 10.2. The maximum absolute atomic E-state index is 12.5. The van der Waals surface area contributed by atoms with Crippen LogP contribution < -0.4 is 15.0 Å². The predicted octanol–water partition coefficient (Wildman–Crippen LogP) is 4.71. The average Bonchev–Trinajstić information content (AvgIpc) is 3.52. The van der Waals surface area contributed by atoms with Crippen molar-refractivity contribution in [2.24, 2.45) is 5.41 Å². The summed E-state index contributed by atoms with van der Waals surface area (Å²) in [7, 11) is 3.05. The quantitative estimate of drug-likeness (QED) is 0.465. The minimum absolute atomic E-state index is 0.263. The van der Waals surface area contributed by atoms with Crippen LogP contribution in [0.4, 0.5) is 5.13 Å². The van der Waals surface area contributed by atoms with E-state index in [9.17, 15) is 4.79 Å². The first-order valence-corrected chi connectivity index (χ1v) is 13.2. The smallest absolute Gasteiger partial charge is 0.316 e. The van der Waals surface area contributed by atoms with Gasteiger partial charge in [0.2, 0.25) is 0 Å². The molecule has 0 aliphatic carbocycles. The molecule has 2 aromatic carbocycles. The summed E-state index contributed by atoms with van der Waals surface area (Å²) in [5, 5.41) is 6.28. The molecule has 0 bridgehead atoms. The Morgan fingerprint density at radius 2 is 2.08 bits per heavy atom. The van der Waals surface area contributed by atoms with E-state index in [-0.39, 0.29) is 5.97 Å². The Kier molecular flexibility index (Phi) is 7.01. The number of hydrogen-bond donors (Lipinski definition) is 1. The number of thiazole rings is 1. The van der Waals surface area contributed by atoms with Crippen molar-refractivity contribution >= 4 is 22.4 Å². The highest BCUT2D eigenvalue weighted by molar-refractivity contribution is 7.14. The number of aryl methyl sites for hydroxylation is 1. The largest absolute Gasteiger partial charge is 0.488 e. The van der Waals surface area contributed by atoms with E-state index in [4.69, 9.17) is 19.2 Å². The summed E-state index contributed by atoms with van der Waals surface area (Å²) in [5.74, 6) is 0.544. The lowest BCUT2D eigenvalue weighted by Crippen LogP contribution is -2.44. The van der Waals surface area contributed by atoms with Gasteiger partial charge in [-0.3, -0.25) is 4.79 Å². The lowest BCUT2D eigenvalue weighted by atomic mass is 9.88. The van der Waals surface area contributed by atoms with Crippen LogP contribution in [0.1, 0.15) is 35.6 Å². The van der Waals surface area contributed by atoms with Crippen molar-refractivity contribution in [1.29, 1.82) is 0 Å². The molecule has 1 aromatic heterocycles. The fraction of sp³-hybridized carbons (Fsp3) is 0.429. The third-order valence-electron chi connectivity index (χ3n) is 7.28. The Labute approximate surface area is 216 Å². The first-order chi connectivity index (χ1) is 17.4. The first kappa shape index (κ1) is 24.7. The van der Waals surface area contributed by atoms with Crippen LogP contribution in [0.2, 0.25) is 0 Å². The van der Waals surface area contributed by atoms with Gasteiger partial charge in [-0.2, -0.15) is 0 Å². The van der Waals surface area contributed by atoms with Gasteiger partial charge in [0.25, 0.3) is 0 Å². The number of rotatable bonds is 7. The summed E-state index contributed by atoms with van der Waals surface area (Å²) in [5.41, 5.74) is 6.16. The number of aromatic nitrogens is 1. The molecule has 190 valence electrons. The average molecular weight is 508 g/mol. The Balaban J connectivity index is 1.37. The summed E-state index contributed by atoms with van der Waals surface area (Å²) >= 11 is 1.55. The van der Waals surface area contributed by atoms with Gasteiger partial charge in [-0.05, 0) is 62.1 Å². The van der Waals surface area contributed by atoms with Gasteiger partial charge in [-0.1, -0.05) is 29.8 Å². The van der Waals surface area contributed by atoms with Crippen LogP contribution in [0.3, 0.4) is 0 Å². The molecule has 1 fully saturated rings. The normalized spacial score (nSPS) is 21.3. The number of ether oxygens (including phenoxy) is 3. The number of esters is 1. The van der Waals surface area contributed by atoms with E-state index in [1.165, 1.54) is 23.8 Å². The summed E-state index contributed by atoms with van der Waals surface area (Å²) in [6, 6.07) is 12.8. The van der Waals surface area contributed by atoms with E-state index in [1.54, 1.807) is 18.4 Å². The summed E-state index contributed by atoms with van der Waals surface area (Å²) in [6.07, 6.45) is 1.26. The zero-order chi connectivity index (χ0) is 25.3. The van der Waals surface area contributed by atoms with Crippen LogP contribution in [0, 0.1) is 12.3 Å². The van der Waals surface area contributed by atoms with Crippen LogP contribution in [0.15, 0.2) is 41.8 Å². The molecular weight excluding hydrogens is 474 g/mol. The van der Waals surface area contributed by atoms with Gasteiger partial charge in [0, 0.05) is 31.1 Å². The van der Waals surface area contributed by atoms with Crippen LogP contribution in [-0.2, 0) is 33.8 Å². The van der Waals surface area contributed by atoms with Gasteiger partial charge in [0.15, 0.2) is 5.13 Å². The van der Waals surface area contributed by atoms with E-state index in [0.717, 1.165) is 47.2 Å². The molecule has 2 aliphatic heterocycles. The van der Waals surface area contributed by atoms with E-state index in [1.807, 2.05) is 18.4 Å². The second-order valence-corrected chi connectivity index (χ2v) is 10.6. The molecule has 0 radical (unpaired) electrons. The van der Waals surface area contributed by atoms with Crippen molar-refractivity contribution in [3.63, 3.8) is 0 Å². The minimum Gasteiger partial charge on any atom is -0.488 e. The van der Waals surface area contributed by atoms with Crippen LogP contribution >= 0.6 is 11.3 Å². The van der Waals surface area contributed by atoms with Crippen LogP contribution in [0.25, 0.3) is 11.3 Å². The van der Waals surface area contributed by atoms with Gasteiger partial charge in [-0.25, -0.2) is 4.98 Å². The topological polar surface area (TPSA) is 72.9 Å². The number of anilines is 1. The third kappa shape index (κ3) is 4.61. The monoisotopic (exact) mass is 507 g/mol. The Morgan fingerprint density at radius 3 is 2.89 bits per heavy atom. The molecule has 0 spiro atoms. The van der Waals surface area contributed by atoms with E-state index in [0.29, 0.717) is 19.6 Å². The molecule has 3 aromatic rings. The van der Waals surface area contributed by atoms with Gasteiger partial charge in [-0.15, -0.1) is 11.3 Å². The van der Waals surface area contributed by atoms with Crippen molar-refractivity contribution in [3.05, 3.63) is 64.0 Å². The van der Waals surface area contributed by atoms with E-state index in [2.05, 4.69) is 47.5 Å². The molecule has 1 N–H and O–H groups in total.